The lowest BCUT2D eigenvalue weighted by Gasteiger charge is -2.24. The first kappa shape index (κ1) is 15.8. The highest BCUT2D eigenvalue weighted by atomic mass is 19.1. The van der Waals surface area contributed by atoms with Crippen molar-refractivity contribution in [2.75, 3.05) is 7.11 Å². The van der Waals surface area contributed by atoms with Crippen LogP contribution in [0.3, 0.4) is 0 Å². The fourth-order valence-corrected chi connectivity index (χ4v) is 3.61. The average Bonchev–Trinajstić information content (AvgIpc) is 2.72. The summed E-state index contributed by atoms with van der Waals surface area (Å²) >= 11 is 0. The molecule has 0 spiro atoms. The van der Waals surface area contributed by atoms with E-state index in [4.69, 9.17) is 14.5 Å². The smallest absolute Gasteiger partial charge is 0.139 e. The molecule has 27 heavy (non-hydrogen) atoms. The number of ether oxygens (including phenoxy) is 2. The van der Waals surface area contributed by atoms with Gasteiger partial charge in [-0.05, 0) is 54.1 Å². The number of halogens is 1. The molecule has 0 saturated carbocycles. The van der Waals surface area contributed by atoms with E-state index in [0.29, 0.717) is 6.61 Å². The quantitative estimate of drug-likeness (QED) is 0.467. The van der Waals surface area contributed by atoms with E-state index in [2.05, 4.69) is 0 Å². The Labute approximate surface area is 156 Å². The molecule has 1 aliphatic rings. The number of aromatic nitrogens is 1. The first-order chi connectivity index (χ1) is 13.2. The molecule has 0 N–H and O–H groups in total. The maximum atomic E-state index is 13.7. The van der Waals surface area contributed by atoms with Gasteiger partial charge in [-0.2, -0.15) is 0 Å². The van der Waals surface area contributed by atoms with Gasteiger partial charge in [0.2, 0.25) is 0 Å². The summed E-state index contributed by atoms with van der Waals surface area (Å²) in [6, 6.07) is 20.5. The zero-order valence-electron chi connectivity index (χ0n) is 14.7. The van der Waals surface area contributed by atoms with Crippen LogP contribution in [-0.4, -0.2) is 12.1 Å². The lowest BCUT2D eigenvalue weighted by atomic mass is 9.91. The van der Waals surface area contributed by atoms with Crippen molar-refractivity contribution in [2.24, 2.45) is 0 Å². The van der Waals surface area contributed by atoms with Gasteiger partial charge in [-0.1, -0.05) is 18.2 Å². The standard InChI is InChI=1S/C23H16FNO2/c1-26-17-9-6-14(7-10-17)22-21-18-11-8-16(24)12-15(18)13-27-23(21)19-4-2-3-5-20(19)25-22/h2-12H,13H2,1H3. The molecule has 0 bridgehead atoms. The second kappa shape index (κ2) is 6.09. The number of para-hydroxylation sites is 1. The van der Waals surface area contributed by atoms with Crippen molar-refractivity contribution in [1.29, 1.82) is 0 Å². The van der Waals surface area contributed by atoms with Crippen LogP contribution in [-0.2, 0) is 6.61 Å². The van der Waals surface area contributed by atoms with Crippen LogP contribution in [0, 0.1) is 5.82 Å². The average molecular weight is 357 g/mol. The zero-order valence-corrected chi connectivity index (χ0v) is 14.7. The van der Waals surface area contributed by atoms with E-state index in [9.17, 15) is 4.39 Å². The number of methoxy groups -OCH3 is 1. The Bertz CT molecular complexity index is 1170. The maximum absolute atomic E-state index is 13.7. The van der Waals surface area contributed by atoms with Gasteiger partial charge in [0.25, 0.3) is 0 Å². The molecule has 1 aliphatic heterocycles. The third-order valence-electron chi connectivity index (χ3n) is 4.92. The molecule has 5 rings (SSSR count). The fraction of sp³-hybridized carbons (Fsp3) is 0.0870. The van der Waals surface area contributed by atoms with Crippen molar-refractivity contribution >= 4 is 10.9 Å². The summed E-state index contributed by atoms with van der Waals surface area (Å²) in [7, 11) is 1.64. The predicted molar refractivity (Wildman–Crippen MR) is 103 cm³/mol. The van der Waals surface area contributed by atoms with Crippen molar-refractivity contribution in [2.45, 2.75) is 6.61 Å². The van der Waals surface area contributed by atoms with Crippen LogP contribution in [0.25, 0.3) is 33.3 Å². The fourth-order valence-electron chi connectivity index (χ4n) is 3.61. The number of pyridine rings is 1. The molecule has 132 valence electrons. The van der Waals surface area contributed by atoms with Gasteiger partial charge in [0, 0.05) is 16.5 Å². The predicted octanol–water partition coefficient (Wildman–Crippen LogP) is 5.61. The molecule has 0 saturated heterocycles. The largest absolute Gasteiger partial charge is 0.497 e. The van der Waals surface area contributed by atoms with E-state index in [1.807, 2.05) is 54.6 Å². The van der Waals surface area contributed by atoms with Gasteiger partial charge < -0.3 is 9.47 Å². The highest BCUT2D eigenvalue weighted by molar-refractivity contribution is 6.00. The normalized spacial score (nSPS) is 12.2. The first-order valence-corrected chi connectivity index (χ1v) is 8.73. The van der Waals surface area contributed by atoms with Crippen LogP contribution in [0.2, 0.25) is 0 Å². The number of rotatable bonds is 2. The van der Waals surface area contributed by atoms with Crippen LogP contribution in [0.1, 0.15) is 5.56 Å². The summed E-state index contributed by atoms with van der Waals surface area (Å²) in [4.78, 5) is 4.92. The monoisotopic (exact) mass is 357 g/mol. The summed E-state index contributed by atoms with van der Waals surface area (Å²) in [6.45, 7) is 0.343. The molecule has 1 aromatic heterocycles. The molecule has 2 heterocycles. The van der Waals surface area contributed by atoms with Crippen molar-refractivity contribution in [3.8, 4) is 33.9 Å². The van der Waals surface area contributed by atoms with Crippen LogP contribution in [0.15, 0.2) is 66.7 Å². The summed E-state index contributed by atoms with van der Waals surface area (Å²) < 4.78 is 25.1. The second-order valence-corrected chi connectivity index (χ2v) is 6.50. The third kappa shape index (κ3) is 2.53. The molecular formula is C23H16FNO2. The summed E-state index contributed by atoms with van der Waals surface area (Å²) in [5.74, 6) is 1.32. The van der Waals surface area contributed by atoms with E-state index in [1.54, 1.807) is 7.11 Å². The lowest BCUT2D eigenvalue weighted by Crippen LogP contribution is -2.08. The summed E-state index contributed by atoms with van der Waals surface area (Å²) in [6.07, 6.45) is 0. The number of benzene rings is 3. The molecule has 4 heteroatoms. The van der Waals surface area contributed by atoms with Gasteiger partial charge in [-0.25, -0.2) is 9.37 Å². The third-order valence-corrected chi connectivity index (χ3v) is 4.92. The lowest BCUT2D eigenvalue weighted by molar-refractivity contribution is 0.305. The minimum Gasteiger partial charge on any atom is -0.497 e. The van der Waals surface area contributed by atoms with E-state index < -0.39 is 0 Å². The van der Waals surface area contributed by atoms with E-state index in [0.717, 1.165) is 50.3 Å². The zero-order chi connectivity index (χ0) is 18.4. The topological polar surface area (TPSA) is 31.4 Å². The van der Waals surface area contributed by atoms with Crippen LogP contribution in [0.4, 0.5) is 4.39 Å². The molecule has 0 atom stereocenters. The van der Waals surface area contributed by atoms with Crippen LogP contribution >= 0.6 is 0 Å². The highest BCUT2D eigenvalue weighted by Crippen LogP contribution is 2.46. The van der Waals surface area contributed by atoms with Crippen LogP contribution in [0.5, 0.6) is 11.5 Å². The maximum Gasteiger partial charge on any atom is 0.139 e. The molecule has 0 aliphatic carbocycles. The minimum absolute atomic E-state index is 0.263. The summed E-state index contributed by atoms with van der Waals surface area (Å²) in [5.41, 5.74) is 5.33. The molecule has 0 unspecified atom stereocenters. The highest BCUT2D eigenvalue weighted by Gasteiger charge is 2.25. The number of hydrogen-bond donors (Lipinski definition) is 0. The molecule has 4 aromatic rings. The molecule has 0 radical (unpaired) electrons. The SMILES string of the molecule is COc1ccc(-c2nc3ccccc3c3c2-c2ccc(F)cc2CO3)cc1. The van der Waals surface area contributed by atoms with Gasteiger partial charge in [0.15, 0.2) is 0 Å². The van der Waals surface area contributed by atoms with Gasteiger partial charge >= 0.3 is 0 Å². The molecule has 3 aromatic carbocycles. The summed E-state index contributed by atoms with van der Waals surface area (Å²) in [5, 5.41) is 0.958. The number of fused-ring (bicyclic) bond motifs is 5. The van der Waals surface area contributed by atoms with Gasteiger partial charge in [-0.3, -0.25) is 0 Å². The van der Waals surface area contributed by atoms with Crippen molar-refractivity contribution < 1.29 is 13.9 Å². The Morgan fingerprint density at radius 1 is 1.00 bits per heavy atom. The molecule has 0 amide bonds. The van der Waals surface area contributed by atoms with E-state index >= 15 is 0 Å². The Hall–Kier alpha value is -3.40. The van der Waals surface area contributed by atoms with Crippen LogP contribution < -0.4 is 9.47 Å². The van der Waals surface area contributed by atoms with Gasteiger partial charge in [-0.15, -0.1) is 0 Å². The van der Waals surface area contributed by atoms with E-state index in [-0.39, 0.29) is 5.82 Å². The Morgan fingerprint density at radius 2 is 1.81 bits per heavy atom. The van der Waals surface area contributed by atoms with Crippen molar-refractivity contribution in [3.05, 3.63) is 78.1 Å². The number of hydrogen-bond acceptors (Lipinski definition) is 3. The first-order valence-electron chi connectivity index (χ1n) is 8.73. The minimum atomic E-state index is -0.263. The van der Waals surface area contributed by atoms with E-state index in [1.165, 1.54) is 12.1 Å². The molecule has 3 nitrogen and oxygen atoms in total. The number of nitrogens with zero attached hydrogens (tertiary/aromatic N) is 1. The van der Waals surface area contributed by atoms with Gasteiger partial charge in [0.1, 0.15) is 23.9 Å². The molecular weight excluding hydrogens is 341 g/mol. The Balaban J connectivity index is 1.85. The van der Waals surface area contributed by atoms with Crippen molar-refractivity contribution in [1.82, 2.24) is 4.98 Å². The Kier molecular flexibility index (Phi) is 3.57. The van der Waals surface area contributed by atoms with Crippen molar-refractivity contribution in [3.63, 3.8) is 0 Å². The second-order valence-electron chi connectivity index (χ2n) is 6.50. The molecule has 0 fully saturated rings. The Morgan fingerprint density at radius 3 is 2.63 bits per heavy atom. The van der Waals surface area contributed by atoms with Gasteiger partial charge in [0.05, 0.1) is 23.9 Å².